The van der Waals surface area contributed by atoms with Crippen molar-refractivity contribution in [1.82, 2.24) is 0 Å². The van der Waals surface area contributed by atoms with Crippen LogP contribution in [-0.2, 0) is 0 Å². The van der Waals surface area contributed by atoms with E-state index < -0.39 is 0 Å². The van der Waals surface area contributed by atoms with Crippen LogP contribution in [0.1, 0.15) is 25.8 Å². The van der Waals surface area contributed by atoms with Gasteiger partial charge in [0.15, 0.2) is 0 Å². The van der Waals surface area contributed by atoms with Crippen LogP contribution < -0.4 is 0 Å². The molecule has 0 saturated carbocycles. The minimum atomic E-state index is 0.917. The van der Waals surface area contributed by atoms with Crippen LogP contribution in [-0.4, -0.2) is 12.8 Å². The van der Waals surface area contributed by atoms with Crippen LogP contribution in [0.5, 0.6) is 0 Å². The lowest BCUT2D eigenvalue weighted by atomic mass is 10.1. The summed E-state index contributed by atoms with van der Waals surface area (Å²) in [7, 11) is 0. The Labute approximate surface area is 86.2 Å². The van der Waals surface area contributed by atoms with Crippen LogP contribution in [0.25, 0.3) is 6.08 Å². The van der Waals surface area contributed by atoms with Crippen molar-refractivity contribution in [3.8, 4) is 0 Å². The summed E-state index contributed by atoms with van der Waals surface area (Å²) in [4.78, 5) is 4.29. The van der Waals surface area contributed by atoms with Gasteiger partial charge < -0.3 is 0 Å². The average Bonchev–Trinajstić information content (AvgIpc) is 2.20. The largest absolute Gasteiger partial charge is 0.293 e. The highest BCUT2D eigenvalue weighted by Crippen LogP contribution is 2.04. The lowest BCUT2D eigenvalue weighted by Gasteiger charge is -1.94. The van der Waals surface area contributed by atoms with Gasteiger partial charge in [-0.25, -0.2) is 0 Å². The Balaban J connectivity index is 2.60. The highest BCUT2D eigenvalue weighted by Gasteiger charge is 1.86. The topological polar surface area (TPSA) is 12.4 Å². The van der Waals surface area contributed by atoms with Crippen molar-refractivity contribution < 1.29 is 0 Å². The zero-order chi connectivity index (χ0) is 10.2. The quantitative estimate of drug-likeness (QED) is 0.639. The van der Waals surface area contributed by atoms with Gasteiger partial charge in [-0.1, -0.05) is 43.3 Å². The van der Waals surface area contributed by atoms with E-state index in [1.165, 1.54) is 11.1 Å². The Morgan fingerprint density at radius 1 is 1.29 bits per heavy atom. The molecule has 1 rings (SSSR count). The molecule has 1 nitrogen and oxygen atoms in total. The second kappa shape index (κ2) is 6.14. The molecule has 0 atom stereocenters. The Kier molecular flexibility index (Phi) is 4.70. The van der Waals surface area contributed by atoms with Gasteiger partial charge in [-0.2, -0.15) is 0 Å². The molecule has 14 heavy (non-hydrogen) atoms. The molecule has 0 amide bonds. The lowest BCUT2D eigenvalue weighted by Crippen LogP contribution is -1.81. The van der Waals surface area contributed by atoms with Crippen LogP contribution in [0.2, 0.25) is 0 Å². The SMILES string of the molecule is CCCN=C/C(C)=C/c1ccccc1. The van der Waals surface area contributed by atoms with Crippen LogP contribution in [0.4, 0.5) is 0 Å². The fourth-order valence-electron chi connectivity index (χ4n) is 1.19. The molecule has 0 unspecified atom stereocenters. The predicted octanol–water partition coefficient (Wildman–Crippen LogP) is 3.57. The summed E-state index contributed by atoms with van der Waals surface area (Å²) in [5, 5.41) is 0. The van der Waals surface area contributed by atoms with Gasteiger partial charge in [-0.3, -0.25) is 4.99 Å². The molecule has 0 fully saturated rings. The fraction of sp³-hybridized carbons (Fsp3) is 0.308. The first-order valence-corrected chi connectivity index (χ1v) is 5.06. The van der Waals surface area contributed by atoms with E-state index in [0.717, 1.165) is 13.0 Å². The van der Waals surface area contributed by atoms with Crippen molar-refractivity contribution in [1.29, 1.82) is 0 Å². The van der Waals surface area contributed by atoms with Gasteiger partial charge in [-0.05, 0) is 24.5 Å². The maximum atomic E-state index is 4.29. The molecule has 0 aliphatic rings. The second-order valence-electron chi connectivity index (χ2n) is 3.33. The van der Waals surface area contributed by atoms with Crippen molar-refractivity contribution in [2.24, 2.45) is 4.99 Å². The molecule has 0 spiro atoms. The van der Waals surface area contributed by atoms with E-state index in [4.69, 9.17) is 0 Å². The van der Waals surface area contributed by atoms with Crippen LogP contribution >= 0.6 is 0 Å². The van der Waals surface area contributed by atoms with Gasteiger partial charge in [0, 0.05) is 12.8 Å². The molecule has 1 heteroatoms. The van der Waals surface area contributed by atoms with Gasteiger partial charge in [0.05, 0.1) is 0 Å². The van der Waals surface area contributed by atoms with Crippen molar-refractivity contribution in [3.63, 3.8) is 0 Å². The van der Waals surface area contributed by atoms with Crippen LogP contribution in [0.3, 0.4) is 0 Å². The number of rotatable bonds is 4. The summed E-state index contributed by atoms with van der Waals surface area (Å²) in [6.45, 7) is 5.12. The lowest BCUT2D eigenvalue weighted by molar-refractivity contribution is 0.936. The molecule has 1 aromatic rings. The Morgan fingerprint density at radius 3 is 2.64 bits per heavy atom. The Hall–Kier alpha value is -1.37. The Bertz CT molecular complexity index is 309. The number of hydrogen-bond donors (Lipinski definition) is 0. The zero-order valence-electron chi connectivity index (χ0n) is 8.90. The number of hydrogen-bond acceptors (Lipinski definition) is 1. The van der Waals surface area contributed by atoms with Crippen molar-refractivity contribution in [3.05, 3.63) is 41.5 Å². The number of nitrogens with zero attached hydrogens (tertiary/aromatic N) is 1. The number of benzene rings is 1. The molecule has 0 bridgehead atoms. The standard InChI is InChI=1S/C13H17N/c1-3-9-14-11-12(2)10-13-7-5-4-6-8-13/h4-8,10-11H,3,9H2,1-2H3/b12-10+,14-11?. The van der Waals surface area contributed by atoms with Crippen molar-refractivity contribution >= 4 is 12.3 Å². The van der Waals surface area contributed by atoms with Gasteiger partial charge in [0.25, 0.3) is 0 Å². The molecule has 1 aromatic carbocycles. The highest BCUT2D eigenvalue weighted by atomic mass is 14.7. The van der Waals surface area contributed by atoms with E-state index in [9.17, 15) is 0 Å². The molecule has 0 aliphatic carbocycles. The van der Waals surface area contributed by atoms with E-state index in [1.54, 1.807) is 0 Å². The monoisotopic (exact) mass is 187 g/mol. The van der Waals surface area contributed by atoms with Gasteiger partial charge in [0.2, 0.25) is 0 Å². The molecule has 0 N–H and O–H groups in total. The third-order valence-corrected chi connectivity index (χ3v) is 1.84. The molecule has 0 aromatic heterocycles. The summed E-state index contributed by atoms with van der Waals surface area (Å²) in [6, 6.07) is 10.3. The molecule has 0 radical (unpaired) electrons. The maximum Gasteiger partial charge on any atom is 0.0386 e. The third-order valence-electron chi connectivity index (χ3n) is 1.84. The molecular weight excluding hydrogens is 170 g/mol. The van der Waals surface area contributed by atoms with Gasteiger partial charge >= 0.3 is 0 Å². The summed E-state index contributed by atoms with van der Waals surface area (Å²) < 4.78 is 0. The first-order valence-electron chi connectivity index (χ1n) is 5.06. The maximum absolute atomic E-state index is 4.29. The van der Waals surface area contributed by atoms with Crippen LogP contribution in [0.15, 0.2) is 40.9 Å². The fourth-order valence-corrected chi connectivity index (χ4v) is 1.19. The normalized spacial score (nSPS) is 12.3. The zero-order valence-corrected chi connectivity index (χ0v) is 8.90. The van der Waals surface area contributed by atoms with Crippen LogP contribution in [0, 0.1) is 0 Å². The van der Waals surface area contributed by atoms with E-state index >= 15 is 0 Å². The second-order valence-corrected chi connectivity index (χ2v) is 3.33. The van der Waals surface area contributed by atoms with E-state index in [2.05, 4.69) is 37.0 Å². The summed E-state index contributed by atoms with van der Waals surface area (Å²) in [5.41, 5.74) is 2.43. The summed E-state index contributed by atoms with van der Waals surface area (Å²) in [5.74, 6) is 0. The first-order chi connectivity index (χ1) is 6.83. The molecule has 74 valence electrons. The van der Waals surface area contributed by atoms with E-state index in [0.29, 0.717) is 0 Å². The van der Waals surface area contributed by atoms with E-state index in [1.807, 2.05) is 24.4 Å². The predicted molar refractivity (Wildman–Crippen MR) is 63.7 cm³/mol. The van der Waals surface area contributed by atoms with Gasteiger partial charge in [0.1, 0.15) is 0 Å². The smallest absolute Gasteiger partial charge is 0.0386 e. The van der Waals surface area contributed by atoms with Crippen molar-refractivity contribution in [2.45, 2.75) is 20.3 Å². The number of aliphatic imine (C=N–C) groups is 1. The Morgan fingerprint density at radius 2 is 2.00 bits per heavy atom. The minimum absolute atomic E-state index is 0.917. The van der Waals surface area contributed by atoms with Crippen molar-refractivity contribution in [2.75, 3.05) is 6.54 Å². The third kappa shape index (κ3) is 4.04. The van der Waals surface area contributed by atoms with E-state index in [-0.39, 0.29) is 0 Å². The summed E-state index contributed by atoms with van der Waals surface area (Å²) in [6.07, 6.45) is 5.19. The molecular formula is C13H17N. The van der Waals surface area contributed by atoms with Gasteiger partial charge in [-0.15, -0.1) is 0 Å². The first kappa shape index (κ1) is 10.7. The number of allylic oxidation sites excluding steroid dienone is 1. The molecule has 0 aliphatic heterocycles. The molecule has 0 heterocycles. The molecule has 0 saturated heterocycles. The minimum Gasteiger partial charge on any atom is -0.293 e. The summed E-state index contributed by atoms with van der Waals surface area (Å²) >= 11 is 0. The average molecular weight is 187 g/mol. The highest BCUT2D eigenvalue weighted by molar-refractivity contribution is 5.84.